The van der Waals surface area contributed by atoms with Gasteiger partial charge in [0.05, 0.1) is 11.6 Å². The predicted molar refractivity (Wildman–Crippen MR) is 142 cm³/mol. The van der Waals surface area contributed by atoms with Gasteiger partial charge in [-0.25, -0.2) is 0 Å². The van der Waals surface area contributed by atoms with E-state index in [-0.39, 0.29) is 17.1 Å². The summed E-state index contributed by atoms with van der Waals surface area (Å²) in [5.74, 6) is -1.49. The topological polar surface area (TPSA) is 81.1 Å². The van der Waals surface area contributed by atoms with Gasteiger partial charge >= 0.3 is 0 Å². The molecule has 1 atom stereocenters. The molecule has 188 valence electrons. The van der Waals surface area contributed by atoms with Crippen molar-refractivity contribution in [2.75, 3.05) is 26.2 Å². The molecule has 1 aliphatic heterocycles. The summed E-state index contributed by atoms with van der Waals surface area (Å²) in [7, 11) is 0. The Morgan fingerprint density at radius 1 is 0.971 bits per heavy atom. The van der Waals surface area contributed by atoms with E-state index < -0.39 is 17.7 Å². The van der Waals surface area contributed by atoms with Gasteiger partial charge in [0.1, 0.15) is 11.5 Å². The molecule has 1 amide bonds. The largest absolute Gasteiger partial charge is 0.508 e. The molecule has 2 aromatic rings. The summed E-state index contributed by atoms with van der Waals surface area (Å²) < 4.78 is 0.842. The molecule has 6 nitrogen and oxygen atoms in total. The fourth-order valence-electron chi connectivity index (χ4n) is 4.48. The van der Waals surface area contributed by atoms with Crippen molar-refractivity contribution < 1.29 is 19.8 Å². The van der Waals surface area contributed by atoms with Crippen LogP contribution in [0.1, 0.15) is 63.1 Å². The molecule has 0 spiro atoms. The zero-order chi connectivity index (χ0) is 25.4. The van der Waals surface area contributed by atoms with Crippen molar-refractivity contribution in [2.45, 2.75) is 52.0 Å². The third-order valence-electron chi connectivity index (χ3n) is 6.37. The van der Waals surface area contributed by atoms with E-state index in [1.165, 1.54) is 0 Å². The van der Waals surface area contributed by atoms with Gasteiger partial charge < -0.3 is 20.0 Å². The fraction of sp³-hybridized carbons (Fsp3) is 0.429. The van der Waals surface area contributed by atoms with Crippen LogP contribution in [0, 0.1) is 0 Å². The van der Waals surface area contributed by atoms with E-state index in [1.54, 1.807) is 53.4 Å². The lowest BCUT2D eigenvalue weighted by Crippen LogP contribution is -2.34. The first-order valence-corrected chi connectivity index (χ1v) is 13.2. The second-order valence-electron chi connectivity index (χ2n) is 9.00. The smallest absolute Gasteiger partial charge is 0.295 e. The third kappa shape index (κ3) is 6.73. The molecule has 1 saturated heterocycles. The maximum Gasteiger partial charge on any atom is 0.295 e. The number of carbonyl (C=O) groups excluding carboxylic acids is 2. The zero-order valence-electron chi connectivity index (χ0n) is 20.5. The fourth-order valence-corrected chi connectivity index (χ4v) is 4.74. The number of Topliss-reactive ketones (excluding diaryl/α,β-unsaturated/α-hetero) is 1. The summed E-state index contributed by atoms with van der Waals surface area (Å²) in [5.41, 5.74) is 1.11. The number of likely N-dealkylation sites (tertiary alicyclic amines) is 1. The average Bonchev–Trinajstić information content (AvgIpc) is 3.10. The van der Waals surface area contributed by atoms with Crippen LogP contribution < -0.4 is 0 Å². The first kappa shape index (κ1) is 27.0. The Morgan fingerprint density at radius 3 is 2.20 bits per heavy atom. The van der Waals surface area contributed by atoms with E-state index in [1.807, 2.05) is 0 Å². The Bertz CT molecular complexity index is 1040. The molecule has 2 aromatic carbocycles. The van der Waals surface area contributed by atoms with Gasteiger partial charge in [-0.2, -0.15) is 0 Å². The molecule has 1 aliphatic rings. The number of ketones is 1. The number of aliphatic hydroxyl groups excluding tert-OH is 1. The van der Waals surface area contributed by atoms with Crippen molar-refractivity contribution in [3.8, 4) is 5.75 Å². The van der Waals surface area contributed by atoms with Crippen LogP contribution >= 0.6 is 15.9 Å². The molecule has 1 unspecified atom stereocenters. The van der Waals surface area contributed by atoms with Gasteiger partial charge in [-0.3, -0.25) is 9.59 Å². The number of aliphatic hydroxyl groups is 1. The van der Waals surface area contributed by atoms with E-state index in [2.05, 4.69) is 34.7 Å². The highest BCUT2D eigenvalue weighted by molar-refractivity contribution is 9.10. The van der Waals surface area contributed by atoms with Crippen molar-refractivity contribution >= 4 is 33.4 Å². The molecule has 0 bridgehead atoms. The highest BCUT2D eigenvalue weighted by Gasteiger charge is 2.45. The number of carbonyl (C=O) groups is 2. The number of benzene rings is 2. The predicted octanol–water partition coefficient (Wildman–Crippen LogP) is 5.87. The number of aromatic hydroxyl groups is 1. The molecule has 0 aliphatic carbocycles. The van der Waals surface area contributed by atoms with E-state index in [4.69, 9.17) is 0 Å². The van der Waals surface area contributed by atoms with Crippen LogP contribution in [-0.2, 0) is 9.59 Å². The minimum Gasteiger partial charge on any atom is -0.508 e. The summed E-state index contributed by atoms with van der Waals surface area (Å²) in [6.45, 7) is 7.62. The summed E-state index contributed by atoms with van der Waals surface area (Å²) >= 11 is 3.38. The normalized spacial score (nSPS) is 17.5. The summed E-state index contributed by atoms with van der Waals surface area (Å²) in [6, 6.07) is 12.7. The van der Waals surface area contributed by atoms with Crippen molar-refractivity contribution in [3.63, 3.8) is 0 Å². The molecule has 0 saturated carbocycles. The van der Waals surface area contributed by atoms with Crippen molar-refractivity contribution in [1.29, 1.82) is 0 Å². The van der Waals surface area contributed by atoms with Gasteiger partial charge in [-0.05, 0) is 68.7 Å². The second-order valence-corrected chi connectivity index (χ2v) is 9.91. The highest BCUT2D eigenvalue weighted by atomic mass is 79.9. The number of nitrogens with zero attached hydrogens (tertiary/aromatic N) is 2. The number of unbranched alkanes of at least 4 members (excludes halogenated alkanes) is 2. The Balaban J connectivity index is 1.91. The molecular weight excluding hydrogens is 508 g/mol. The third-order valence-corrected chi connectivity index (χ3v) is 6.90. The van der Waals surface area contributed by atoms with E-state index in [0.29, 0.717) is 24.1 Å². The van der Waals surface area contributed by atoms with Gasteiger partial charge in [-0.1, -0.05) is 66.9 Å². The first-order chi connectivity index (χ1) is 16.9. The Hall–Kier alpha value is -2.64. The quantitative estimate of drug-likeness (QED) is 0.199. The molecule has 1 fully saturated rings. The lowest BCUT2D eigenvalue weighted by molar-refractivity contribution is -0.140. The number of hydrogen-bond acceptors (Lipinski definition) is 5. The second kappa shape index (κ2) is 12.9. The first-order valence-electron chi connectivity index (χ1n) is 12.4. The number of phenolic OH excluding ortho intramolecular Hbond substituents is 1. The standard InChI is InChI=1S/C28H35BrN2O4/c1-3-5-15-30(16-6-4-2)17-8-18-31-25(21-9-7-10-23(32)19-21)24(27(34)28(31)35)26(33)20-11-13-22(29)14-12-20/h7,9-14,19,25,32-33H,3-6,8,15-18H2,1-2H3. The van der Waals surface area contributed by atoms with Gasteiger partial charge in [-0.15, -0.1) is 0 Å². The van der Waals surface area contributed by atoms with Crippen LogP contribution in [0.25, 0.3) is 5.76 Å². The minimum atomic E-state index is -0.759. The van der Waals surface area contributed by atoms with Gasteiger partial charge in [0.2, 0.25) is 0 Å². The van der Waals surface area contributed by atoms with Crippen LogP contribution in [0.4, 0.5) is 0 Å². The van der Waals surface area contributed by atoms with Crippen LogP contribution in [0.2, 0.25) is 0 Å². The Morgan fingerprint density at radius 2 is 1.60 bits per heavy atom. The summed E-state index contributed by atoms with van der Waals surface area (Å²) in [6.07, 6.45) is 5.24. The maximum absolute atomic E-state index is 13.2. The van der Waals surface area contributed by atoms with Gasteiger partial charge in [0, 0.05) is 16.6 Å². The molecule has 1 heterocycles. The Labute approximate surface area is 216 Å². The summed E-state index contributed by atoms with van der Waals surface area (Å²) in [5, 5.41) is 21.2. The zero-order valence-corrected chi connectivity index (χ0v) is 22.1. The number of halogens is 1. The molecule has 0 aromatic heterocycles. The van der Waals surface area contributed by atoms with Crippen LogP contribution in [0.3, 0.4) is 0 Å². The molecular formula is C28H35BrN2O4. The maximum atomic E-state index is 13.2. The van der Waals surface area contributed by atoms with Crippen LogP contribution in [0.5, 0.6) is 5.75 Å². The lowest BCUT2D eigenvalue weighted by Gasteiger charge is -2.27. The SMILES string of the molecule is CCCCN(CCCC)CCCN1C(=O)C(=O)C(=C(O)c2ccc(Br)cc2)C1c1cccc(O)c1. The summed E-state index contributed by atoms with van der Waals surface area (Å²) in [4.78, 5) is 30.3. The number of hydrogen-bond donors (Lipinski definition) is 2. The van der Waals surface area contributed by atoms with Crippen LogP contribution in [0.15, 0.2) is 58.6 Å². The van der Waals surface area contributed by atoms with E-state index in [0.717, 1.165) is 49.8 Å². The average molecular weight is 544 g/mol. The number of amides is 1. The molecule has 3 rings (SSSR count). The molecule has 35 heavy (non-hydrogen) atoms. The Kier molecular flexibility index (Phi) is 9.93. The number of rotatable bonds is 12. The van der Waals surface area contributed by atoms with Crippen molar-refractivity contribution in [2.24, 2.45) is 0 Å². The van der Waals surface area contributed by atoms with E-state index in [9.17, 15) is 19.8 Å². The monoisotopic (exact) mass is 542 g/mol. The van der Waals surface area contributed by atoms with Crippen molar-refractivity contribution in [1.82, 2.24) is 9.80 Å². The molecule has 2 N–H and O–H groups in total. The minimum absolute atomic E-state index is 0.0436. The number of phenols is 1. The van der Waals surface area contributed by atoms with E-state index >= 15 is 0 Å². The van der Waals surface area contributed by atoms with Crippen molar-refractivity contribution in [3.05, 3.63) is 69.7 Å². The van der Waals surface area contributed by atoms with Gasteiger partial charge in [0.25, 0.3) is 11.7 Å². The van der Waals surface area contributed by atoms with Gasteiger partial charge in [0.15, 0.2) is 0 Å². The highest BCUT2D eigenvalue weighted by Crippen LogP contribution is 2.40. The molecule has 0 radical (unpaired) electrons. The molecule has 7 heteroatoms. The lowest BCUT2D eigenvalue weighted by atomic mass is 9.95. The van der Waals surface area contributed by atoms with Crippen LogP contribution in [-0.4, -0.2) is 57.9 Å².